The summed E-state index contributed by atoms with van der Waals surface area (Å²) >= 11 is 11.8. The highest BCUT2D eigenvalue weighted by Crippen LogP contribution is 2.22. The molecule has 4 nitrogen and oxygen atoms in total. The first-order chi connectivity index (χ1) is 10.7. The van der Waals surface area contributed by atoms with Crippen molar-refractivity contribution in [2.45, 2.75) is 0 Å². The minimum absolute atomic E-state index is 0.220. The maximum absolute atomic E-state index is 12.1. The third kappa shape index (κ3) is 5.39. The predicted octanol–water partition coefficient (Wildman–Crippen LogP) is 4.26. The molecule has 0 fully saturated rings. The lowest BCUT2D eigenvalue weighted by Gasteiger charge is -2.04. The monoisotopic (exact) mass is 369 g/mol. The van der Waals surface area contributed by atoms with Gasteiger partial charge in [0.2, 0.25) is 10.0 Å². The third-order valence-corrected chi connectivity index (χ3v) is 4.02. The summed E-state index contributed by atoms with van der Waals surface area (Å²) in [4.78, 5) is 12.1. The van der Waals surface area contributed by atoms with Gasteiger partial charge in [0.05, 0.1) is 6.26 Å². The summed E-state index contributed by atoms with van der Waals surface area (Å²) in [5.74, 6) is -0.220. The van der Waals surface area contributed by atoms with Crippen LogP contribution in [0, 0.1) is 0 Å². The molecule has 0 aliphatic rings. The van der Waals surface area contributed by atoms with Gasteiger partial charge < -0.3 is 0 Å². The number of hydrogen-bond acceptors (Lipinski definition) is 3. The number of carbonyl (C=O) groups is 1. The van der Waals surface area contributed by atoms with E-state index in [-0.39, 0.29) is 5.78 Å². The third-order valence-electron chi connectivity index (χ3n) is 2.85. The van der Waals surface area contributed by atoms with Crippen molar-refractivity contribution in [1.29, 1.82) is 0 Å². The van der Waals surface area contributed by atoms with E-state index < -0.39 is 10.0 Å². The average molecular weight is 370 g/mol. The number of nitrogens with one attached hydrogen (secondary N) is 1. The van der Waals surface area contributed by atoms with Gasteiger partial charge >= 0.3 is 0 Å². The quantitative estimate of drug-likeness (QED) is 0.632. The second kappa shape index (κ2) is 7.17. The van der Waals surface area contributed by atoms with E-state index in [1.54, 1.807) is 36.4 Å². The molecule has 0 amide bonds. The summed E-state index contributed by atoms with van der Waals surface area (Å²) < 4.78 is 24.6. The minimum atomic E-state index is -3.34. The number of benzene rings is 2. The number of carbonyl (C=O) groups excluding carboxylic acids is 1. The van der Waals surface area contributed by atoms with Crippen molar-refractivity contribution in [3.8, 4) is 0 Å². The van der Waals surface area contributed by atoms with Crippen LogP contribution in [0.2, 0.25) is 10.0 Å². The van der Waals surface area contributed by atoms with E-state index in [4.69, 9.17) is 23.2 Å². The first-order valence-corrected chi connectivity index (χ1v) is 9.15. The van der Waals surface area contributed by atoms with Gasteiger partial charge in [0.25, 0.3) is 0 Å². The van der Waals surface area contributed by atoms with Crippen LogP contribution < -0.4 is 4.72 Å². The smallest absolute Gasteiger partial charge is 0.229 e. The zero-order chi connectivity index (χ0) is 17.0. The molecule has 0 aromatic heterocycles. The summed E-state index contributed by atoms with van der Waals surface area (Å²) in [6, 6.07) is 11.1. The number of rotatable bonds is 5. The van der Waals surface area contributed by atoms with E-state index in [2.05, 4.69) is 4.72 Å². The molecule has 0 aliphatic carbocycles. The van der Waals surface area contributed by atoms with Crippen LogP contribution in [-0.4, -0.2) is 20.5 Å². The lowest BCUT2D eigenvalue weighted by Crippen LogP contribution is -2.09. The SMILES string of the molecule is CS(=O)(=O)Nc1ccc(C(=O)C=Cc2ccc(Cl)cc2Cl)cc1. The first kappa shape index (κ1) is 17.5. The zero-order valence-electron chi connectivity index (χ0n) is 12.1. The Morgan fingerprint density at radius 2 is 1.74 bits per heavy atom. The van der Waals surface area contributed by atoms with Crippen LogP contribution in [-0.2, 0) is 10.0 Å². The van der Waals surface area contributed by atoms with Gasteiger partial charge in [-0.25, -0.2) is 8.42 Å². The Kier molecular flexibility index (Phi) is 5.46. The molecule has 7 heteroatoms. The second-order valence-electron chi connectivity index (χ2n) is 4.81. The van der Waals surface area contributed by atoms with Crippen molar-refractivity contribution in [1.82, 2.24) is 0 Å². The van der Waals surface area contributed by atoms with E-state index in [1.165, 1.54) is 18.2 Å². The Bertz CT molecular complexity index is 859. The Morgan fingerprint density at radius 1 is 1.09 bits per heavy atom. The maximum atomic E-state index is 12.1. The molecule has 0 spiro atoms. The van der Waals surface area contributed by atoms with Crippen LogP contribution in [0.4, 0.5) is 5.69 Å². The minimum Gasteiger partial charge on any atom is -0.289 e. The van der Waals surface area contributed by atoms with Crippen molar-refractivity contribution < 1.29 is 13.2 Å². The summed E-state index contributed by atoms with van der Waals surface area (Å²) in [6.07, 6.45) is 4.06. The van der Waals surface area contributed by atoms with E-state index in [0.29, 0.717) is 26.9 Å². The van der Waals surface area contributed by atoms with E-state index in [1.807, 2.05) is 0 Å². The standard InChI is InChI=1S/C16H13Cl2NO3S/c1-23(21,22)19-14-7-3-12(4-8-14)16(20)9-5-11-2-6-13(17)10-15(11)18/h2-10,19H,1H3. The Morgan fingerprint density at radius 3 is 2.30 bits per heavy atom. The van der Waals surface area contributed by atoms with Crippen molar-refractivity contribution in [2.24, 2.45) is 0 Å². The molecular weight excluding hydrogens is 357 g/mol. The topological polar surface area (TPSA) is 63.2 Å². The number of anilines is 1. The molecule has 0 unspecified atom stereocenters. The molecule has 0 atom stereocenters. The fraction of sp³-hybridized carbons (Fsp3) is 0.0625. The van der Waals surface area contributed by atoms with Gasteiger partial charge in [0, 0.05) is 21.3 Å². The fourth-order valence-electron chi connectivity index (χ4n) is 1.81. The molecule has 2 aromatic rings. The van der Waals surface area contributed by atoms with Gasteiger partial charge in [0.15, 0.2) is 5.78 Å². The summed E-state index contributed by atoms with van der Waals surface area (Å²) in [5.41, 5.74) is 1.51. The number of ketones is 1. The second-order valence-corrected chi connectivity index (χ2v) is 7.41. The molecular formula is C16H13Cl2NO3S. The van der Waals surface area contributed by atoms with Gasteiger partial charge in [-0.2, -0.15) is 0 Å². The van der Waals surface area contributed by atoms with Crippen LogP contribution in [0.3, 0.4) is 0 Å². The number of allylic oxidation sites excluding steroid dienone is 1. The Labute approximate surface area is 144 Å². The molecule has 0 aliphatic heterocycles. The number of hydrogen-bond donors (Lipinski definition) is 1. The molecule has 0 saturated carbocycles. The van der Waals surface area contributed by atoms with Crippen molar-refractivity contribution in [2.75, 3.05) is 11.0 Å². The number of halogens is 2. The van der Waals surface area contributed by atoms with Crippen LogP contribution >= 0.6 is 23.2 Å². The lowest BCUT2D eigenvalue weighted by atomic mass is 10.1. The van der Waals surface area contributed by atoms with Gasteiger partial charge in [-0.3, -0.25) is 9.52 Å². The fourth-order valence-corrected chi connectivity index (χ4v) is 2.85. The van der Waals surface area contributed by atoms with E-state index in [0.717, 1.165) is 6.26 Å². The highest BCUT2D eigenvalue weighted by molar-refractivity contribution is 7.92. The van der Waals surface area contributed by atoms with Gasteiger partial charge in [0.1, 0.15) is 0 Å². The van der Waals surface area contributed by atoms with Gasteiger partial charge in [-0.15, -0.1) is 0 Å². The number of sulfonamides is 1. The predicted molar refractivity (Wildman–Crippen MR) is 94.7 cm³/mol. The Balaban J connectivity index is 2.13. The first-order valence-electron chi connectivity index (χ1n) is 6.50. The van der Waals surface area contributed by atoms with Crippen molar-refractivity contribution in [3.63, 3.8) is 0 Å². The van der Waals surface area contributed by atoms with Crippen LogP contribution in [0.15, 0.2) is 48.5 Å². The normalized spacial score (nSPS) is 11.6. The molecule has 0 radical (unpaired) electrons. The van der Waals surface area contributed by atoms with Crippen LogP contribution in [0.1, 0.15) is 15.9 Å². The highest BCUT2D eigenvalue weighted by Gasteiger charge is 2.05. The largest absolute Gasteiger partial charge is 0.289 e. The summed E-state index contributed by atoms with van der Waals surface area (Å²) in [6.45, 7) is 0. The average Bonchev–Trinajstić information content (AvgIpc) is 2.45. The summed E-state index contributed by atoms with van der Waals surface area (Å²) in [7, 11) is -3.34. The molecule has 0 heterocycles. The van der Waals surface area contributed by atoms with E-state index in [9.17, 15) is 13.2 Å². The molecule has 2 aromatic carbocycles. The van der Waals surface area contributed by atoms with Crippen LogP contribution in [0.5, 0.6) is 0 Å². The van der Waals surface area contributed by atoms with Gasteiger partial charge in [-0.05, 0) is 54.1 Å². The van der Waals surface area contributed by atoms with E-state index >= 15 is 0 Å². The molecule has 120 valence electrons. The lowest BCUT2D eigenvalue weighted by molar-refractivity contribution is 0.104. The summed E-state index contributed by atoms with van der Waals surface area (Å²) in [5, 5.41) is 0.974. The Hall–Kier alpha value is -1.82. The molecule has 1 N–H and O–H groups in total. The van der Waals surface area contributed by atoms with Gasteiger partial charge in [-0.1, -0.05) is 29.3 Å². The molecule has 0 bridgehead atoms. The molecule has 23 heavy (non-hydrogen) atoms. The molecule has 0 saturated heterocycles. The van der Waals surface area contributed by atoms with Crippen molar-refractivity contribution in [3.05, 3.63) is 69.7 Å². The molecule has 2 rings (SSSR count). The highest BCUT2D eigenvalue weighted by atomic mass is 35.5. The maximum Gasteiger partial charge on any atom is 0.229 e. The van der Waals surface area contributed by atoms with Crippen LogP contribution in [0.25, 0.3) is 6.08 Å². The zero-order valence-corrected chi connectivity index (χ0v) is 14.4. The van der Waals surface area contributed by atoms with Crippen molar-refractivity contribution >= 4 is 50.8 Å².